The fraction of sp³-hybridized carbons (Fsp3) is 1.00. The molecule has 0 spiro atoms. The van der Waals surface area contributed by atoms with E-state index in [1.807, 2.05) is 43.2 Å². The molecule has 0 saturated heterocycles. The quantitative estimate of drug-likeness (QED) is 0.0620. The Morgan fingerprint density at radius 1 is 0.667 bits per heavy atom. The summed E-state index contributed by atoms with van der Waals surface area (Å²) >= 11 is 8.84. The molecule has 0 saturated carbocycles. The van der Waals surface area contributed by atoms with Gasteiger partial charge in [-0.1, -0.05) is 70.9 Å². The number of hydrogen-bond acceptors (Lipinski definition) is 10. The van der Waals surface area contributed by atoms with Crippen molar-refractivity contribution in [1.29, 1.82) is 0 Å². The Balaban J connectivity index is 3.77. The van der Waals surface area contributed by atoms with Crippen LogP contribution in [0, 0.1) is 0 Å². The molecular weight excluding hydrogens is 497 g/mol. The molecule has 0 atom stereocenters. The Morgan fingerprint density at radius 2 is 1.13 bits per heavy atom. The monoisotopic (exact) mass is 538 g/mol. The van der Waals surface area contributed by atoms with Crippen molar-refractivity contribution in [3.05, 3.63) is 0 Å². The third kappa shape index (κ3) is 16.5. The van der Waals surface area contributed by atoms with Gasteiger partial charge in [-0.3, -0.25) is 0 Å². The van der Waals surface area contributed by atoms with Crippen molar-refractivity contribution in [3.63, 3.8) is 0 Å². The minimum absolute atomic E-state index is 0.0952. The van der Waals surface area contributed by atoms with E-state index in [4.69, 9.17) is 31.6 Å². The normalized spacial score (nSPS) is 12.6. The van der Waals surface area contributed by atoms with Crippen LogP contribution in [-0.4, -0.2) is 66.1 Å². The minimum Gasteiger partial charge on any atom is -0.355 e. The molecule has 0 amide bonds. The summed E-state index contributed by atoms with van der Waals surface area (Å²) in [6, 6.07) is 0. The zero-order valence-electron chi connectivity index (χ0n) is 19.1. The Labute approximate surface area is 212 Å². The van der Waals surface area contributed by atoms with Crippen molar-refractivity contribution in [2.45, 2.75) is 68.6 Å². The molecule has 10 heteroatoms. The molecule has 0 radical (unpaired) electrons. The van der Waals surface area contributed by atoms with Crippen LogP contribution < -0.4 is 0 Å². The Morgan fingerprint density at radius 3 is 1.57 bits per heavy atom. The van der Waals surface area contributed by atoms with Crippen molar-refractivity contribution >= 4 is 68.4 Å². The molecule has 30 heavy (non-hydrogen) atoms. The first-order chi connectivity index (χ1) is 14.5. The smallest absolute Gasteiger partial charge is 0.146 e. The zero-order valence-corrected chi connectivity index (χ0v) is 24.1. The molecule has 0 aromatic rings. The Kier molecular flexibility index (Phi) is 22.9. The van der Waals surface area contributed by atoms with Gasteiger partial charge < -0.3 is 18.9 Å². The van der Waals surface area contributed by atoms with E-state index in [1.165, 1.54) is 0 Å². The van der Waals surface area contributed by atoms with E-state index in [1.54, 1.807) is 0 Å². The predicted octanol–water partition coefficient (Wildman–Crippen LogP) is 7.06. The summed E-state index contributed by atoms with van der Waals surface area (Å²) in [6.45, 7) is 12.4. The number of hydrogen-bond donors (Lipinski definition) is 2. The average Bonchev–Trinajstić information content (AvgIpc) is 2.78. The third-order valence-corrected chi connectivity index (χ3v) is 13.2. The van der Waals surface area contributed by atoms with E-state index in [2.05, 4.69) is 40.3 Å². The van der Waals surface area contributed by atoms with Gasteiger partial charge in [-0.25, -0.2) is 0 Å². The molecule has 0 aliphatic rings. The highest BCUT2D eigenvalue weighted by Gasteiger charge is 2.28. The van der Waals surface area contributed by atoms with E-state index in [9.17, 15) is 0 Å². The van der Waals surface area contributed by atoms with Gasteiger partial charge in [0.15, 0.2) is 0 Å². The molecule has 4 nitrogen and oxygen atoms in total. The van der Waals surface area contributed by atoms with Crippen LogP contribution in [-0.2, 0) is 18.9 Å². The number of rotatable bonds is 23. The molecule has 0 aromatic carbocycles. The van der Waals surface area contributed by atoms with Gasteiger partial charge in [-0.2, -0.15) is 25.3 Å². The molecule has 0 unspecified atom stereocenters. The van der Waals surface area contributed by atoms with Gasteiger partial charge >= 0.3 is 0 Å². The maximum Gasteiger partial charge on any atom is 0.146 e. The second-order valence-corrected chi connectivity index (χ2v) is 14.0. The molecule has 0 heterocycles. The molecule has 0 rings (SSSR count). The van der Waals surface area contributed by atoms with Crippen molar-refractivity contribution in [2.24, 2.45) is 0 Å². The maximum absolute atomic E-state index is 5.62. The van der Waals surface area contributed by atoms with Crippen LogP contribution in [0.2, 0.25) is 0 Å². The molecule has 182 valence electrons. The SMILES string of the molecule is CCC(S)(CC)CCOCOCCSSC(CC)(CC)SSCCOCOCCS. The second kappa shape index (κ2) is 21.5. The van der Waals surface area contributed by atoms with Crippen LogP contribution >= 0.6 is 68.4 Å². The second-order valence-electron chi connectivity index (χ2n) is 6.70. The molecule has 0 bridgehead atoms. The third-order valence-electron chi connectivity index (χ3n) is 4.72. The van der Waals surface area contributed by atoms with Crippen molar-refractivity contribution < 1.29 is 18.9 Å². The summed E-state index contributed by atoms with van der Waals surface area (Å²) in [5.74, 6) is 2.66. The van der Waals surface area contributed by atoms with E-state index in [0.717, 1.165) is 49.4 Å². The summed E-state index contributed by atoms with van der Waals surface area (Å²) in [7, 11) is 7.73. The van der Waals surface area contributed by atoms with Gasteiger partial charge in [0.1, 0.15) is 13.6 Å². The average molecular weight is 539 g/mol. The fourth-order valence-electron chi connectivity index (χ4n) is 2.27. The lowest BCUT2D eigenvalue weighted by atomic mass is 9.99. The van der Waals surface area contributed by atoms with Crippen LogP contribution in [0.5, 0.6) is 0 Å². The standard InChI is InChI=1S/C20H42O4S6/c1-5-19(26,6-2)9-10-21-17-23-12-15-27-29-20(7-3,8-4)30-28-16-13-24-18-22-11-14-25/h25-26H,5-18H2,1-4H3. The van der Waals surface area contributed by atoms with Crippen molar-refractivity contribution in [3.8, 4) is 0 Å². The minimum atomic E-state index is 0.0952. The predicted molar refractivity (Wildman–Crippen MR) is 148 cm³/mol. The first kappa shape index (κ1) is 31.9. The van der Waals surface area contributed by atoms with Gasteiger partial charge in [-0.15, -0.1) is 0 Å². The zero-order chi connectivity index (χ0) is 22.6. The van der Waals surface area contributed by atoms with Gasteiger partial charge in [0.05, 0.1) is 30.5 Å². The van der Waals surface area contributed by atoms with E-state index >= 15 is 0 Å². The molecular formula is C20H42O4S6. The highest BCUT2D eigenvalue weighted by molar-refractivity contribution is 8.85. The van der Waals surface area contributed by atoms with Crippen LogP contribution in [0.1, 0.15) is 59.8 Å². The highest BCUT2D eigenvalue weighted by Crippen LogP contribution is 2.53. The number of ether oxygens (including phenoxy) is 4. The topological polar surface area (TPSA) is 36.9 Å². The molecule has 0 fully saturated rings. The first-order valence-corrected chi connectivity index (χ1v) is 16.5. The molecule has 0 N–H and O–H groups in total. The van der Waals surface area contributed by atoms with Gasteiger partial charge in [0.2, 0.25) is 0 Å². The van der Waals surface area contributed by atoms with Gasteiger partial charge in [0, 0.05) is 22.0 Å². The summed E-state index contributed by atoms with van der Waals surface area (Å²) in [6.07, 6.45) is 5.37. The molecule has 0 aliphatic carbocycles. The van der Waals surface area contributed by atoms with Crippen molar-refractivity contribution in [1.82, 2.24) is 0 Å². The Bertz CT molecular complexity index is 371. The summed E-state index contributed by atoms with van der Waals surface area (Å²) in [5, 5.41) is 0. The lowest BCUT2D eigenvalue weighted by Gasteiger charge is -2.29. The van der Waals surface area contributed by atoms with E-state index < -0.39 is 0 Å². The fourth-order valence-corrected chi connectivity index (χ4v) is 9.52. The summed E-state index contributed by atoms with van der Waals surface area (Å²) < 4.78 is 22.3. The van der Waals surface area contributed by atoms with Crippen LogP contribution in [0.4, 0.5) is 0 Å². The lowest BCUT2D eigenvalue weighted by molar-refractivity contribution is -0.0507. The number of thiol groups is 2. The molecule has 0 aliphatic heterocycles. The van der Waals surface area contributed by atoms with Crippen LogP contribution in [0.25, 0.3) is 0 Å². The largest absolute Gasteiger partial charge is 0.355 e. The lowest BCUT2D eigenvalue weighted by Crippen LogP contribution is -2.22. The van der Waals surface area contributed by atoms with Crippen LogP contribution in [0.3, 0.4) is 0 Å². The summed E-state index contributed by atoms with van der Waals surface area (Å²) in [4.78, 5) is 0. The van der Waals surface area contributed by atoms with Crippen molar-refractivity contribution in [2.75, 3.05) is 57.3 Å². The van der Waals surface area contributed by atoms with E-state index in [0.29, 0.717) is 40.0 Å². The maximum atomic E-state index is 5.62. The highest BCUT2D eigenvalue weighted by atomic mass is 33.1. The van der Waals surface area contributed by atoms with Gasteiger partial charge in [-0.05, 0) is 32.1 Å². The van der Waals surface area contributed by atoms with Gasteiger partial charge in [0.25, 0.3) is 0 Å². The Hall–Kier alpha value is 1.94. The molecule has 0 aromatic heterocycles. The van der Waals surface area contributed by atoms with Crippen LogP contribution in [0.15, 0.2) is 0 Å². The first-order valence-electron chi connectivity index (χ1n) is 10.8. The summed E-state index contributed by atoms with van der Waals surface area (Å²) in [5.41, 5.74) is 0. The van der Waals surface area contributed by atoms with E-state index in [-0.39, 0.29) is 8.83 Å².